The van der Waals surface area contributed by atoms with Crippen molar-refractivity contribution >= 4 is 28.6 Å². The highest BCUT2D eigenvalue weighted by Crippen LogP contribution is 2.47. The van der Waals surface area contributed by atoms with E-state index in [9.17, 15) is 9.59 Å². The van der Waals surface area contributed by atoms with Gasteiger partial charge in [0, 0.05) is 54.3 Å². The smallest absolute Gasteiger partial charge is 0.410 e. The normalized spacial score (nSPS) is 17.4. The van der Waals surface area contributed by atoms with Crippen LogP contribution in [0.1, 0.15) is 64.5 Å². The number of benzene rings is 2. The lowest BCUT2D eigenvalue weighted by molar-refractivity contribution is -0.122. The maximum absolute atomic E-state index is 15.1. The van der Waals surface area contributed by atoms with Crippen molar-refractivity contribution in [3.05, 3.63) is 71.8 Å². The fourth-order valence-corrected chi connectivity index (χ4v) is 5.79. The summed E-state index contributed by atoms with van der Waals surface area (Å²) < 4.78 is 27.2. The average Bonchev–Trinajstić information content (AvgIpc) is 3.78. The zero-order valence-electron chi connectivity index (χ0n) is 27.0. The first kappa shape index (κ1) is 31.4. The molecule has 6 rings (SSSR count). The Balaban J connectivity index is 1.25. The number of nitrogens with zero attached hydrogens (tertiary/aromatic N) is 4. The van der Waals surface area contributed by atoms with Crippen molar-refractivity contribution in [3.8, 4) is 22.9 Å². The molecule has 46 heavy (non-hydrogen) atoms. The standard InChI is InChI=1S/C36H40FN5O4/c1-22-10-11-24-25(12-13-28(37)27(24)20-30(43)36(5)15-16-36)31(22)45-32-26(9-6-17-38-32)29-14-18-39-33(41-29)40-23-8-7-19-42(21-23)34(44)46-35(2,3)4/h6,9-14,17-18,23H,7-8,15-16,19-21H2,1-5H3,(H,39,40,41)/t23-/m0/s1. The summed E-state index contributed by atoms with van der Waals surface area (Å²) in [6, 6.07) is 12.3. The van der Waals surface area contributed by atoms with Gasteiger partial charge in [0.25, 0.3) is 0 Å². The van der Waals surface area contributed by atoms with Crippen molar-refractivity contribution in [3.63, 3.8) is 0 Å². The number of likely N-dealkylation sites (tertiary alicyclic amines) is 1. The van der Waals surface area contributed by atoms with Gasteiger partial charge in [0.15, 0.2) is 0 Å². The predicted molar refractivity (Wildman–Crippen MR) is 174 cm³/mol. The second-order valence-electron chi connectivity index (χ2n) is 13.6. The van der Waals surface area contributed by atoms with Gasteiger partial charge in [-0.25, -0.2) is 24.1 Å². The largest absolute Gasteiger partial charge is 0.444 e. The molecule has 10 heteroatoms. The number of hydrogen-bond acceptors (Lipinski definition) is 8. The lowest BCUT2D eigenvalue weighted by Gasteiger charge is -2.34. The van der Waals surface area contributed by atoms with Gasteiger partial charge < -0.3 is 19.7 Å². The molecule has 2 aromatic carbocycles. The van der Waals surface area contributed by atoms with Crippen molar-refractivity contribution in [2.45, 2.75) is 78.4 Å². The highest BCUT2D eigenvalue weighted by molar-refractivity contribution is 5.97. The van der Waals surface area contributed by atoms with Crippen LogP contribution in [0.4, 0.5) is 15.1 Å². The number of anilines is 1. The van der Waals surface area contributed by atoms with Gasteiger partial charge in [0.2, 0.25) is 11.8 Å². The molecule has 0 bridgehead atoms. The van der Waals surface area contributed by atoms with Crippen molar-refractivity contribution in [1.29, 1.82) is 0 Å². The van der Waals surface area contributed by atoms with Crippen LogP contribution in [0.25, 0.3) is 22.0 Å². The van der Waals surface area contributed by atoms with E-state index in [1.807, 2.05) is 58.9 Å². The maximum Gasteiger partial charge on any atom is 0.410 e. The first-order chi connectivity index (χ1) is 21.9. The Bertz CT molecular complexity index is 1800. The predicted octanol–water partition coefficient (Wildman–Crippen LogP) is 7.65. The number of carbonyl (C=O) groups is 2. The van der Waals surface area contributed by atoms with Crippen LogP contribution in [0.2, 0.25) is 0 Å². The first-order valence-electron chi connectivity index (χ1n) is 15.8. The summed E-state index contributed by atoms with van der Waals surface area (Å²) in [5.41, 5.74) is 1.59. The minimum Gasteiger partial charge on any atom is -0.444 e. The highest BCUT2D eigenvalue weighted by Gasteiger charge is 2.44. The second-order valence-corrected chi connectivity index (χ2v) is 13.6. The molecule has 0 radical (unpaired) electrons. The lowest BCUT2D eigenvalue weighted by Crippen LogP contribution is -2.47. The SMILES string of the molecule is Cc1ccc2c(CC(=O)C3(C)CC3)c(F)ccc2c1Oc1ncccc1-c1ccnc(N[C@H]2CCCN(C(=O)OC(C)(C)C)C2)n1. The number of Topliss-reactive ketones (excluding diaryl/α,β-unsaturated/α-hetero) is 1. The molecule has 3 heterocycles. The van der Waals surface area contributed by atoms with Crippen LogP contribution in [0.3, 0.4) is 0 Å². The van der Waals surface area contributed by atoms with E-state index in [0.29, 0.717) is 58.3 Å². The highest BCUT2D eigenvalue weighted by atomic mass is 19.1. The Morgan fingerprint density at radius 3 is 2.61 bits per heavy atom. The van der Waals surface area contributed by atoms with Crippen LogP contribution < -0.4 is 10.1 Å². The second kappa shape index (κ2) is 12.3. The maximum atomic E-state index is 15.1. The quantitative estimate of drug-likeness (QED) is 0.213. The van der Waals surface area contributed by atoms with Crippen molar-refractivity contribution in [2.24, 2.45) is 5.41 Å². The summed E-state index contributed by atoms with van der Waals surface area (Å²) in [7, 11) is 0. The van der Waals surface area contributed by atoms with Gasteiger partial charge in [-0.05, 0) is 94.7 Å². The Labute approximate surface area is 268 Å². The summed E-state index contributed by atoms with van der Waals surface area (Å²) in [6.07, 6.45) is 6.43. The van der Waals surface area contributed by atoms with E-state index in [4.69, 9.17) is 14.5 Å². The zero-order valence-corrected chi connectivity index (χ0v) is 27.0. The van der Waals surface area contributed by atoms with Gasteiger partial charge in [-0.1, -0.05) is 19.1 Å². The molecular weight excluding hydrogens is 585 g/mol. The number of fused-ring (bicyclic) bond motifs is 1. The molecule has 4 aromatic rings. The Morgan fingerprint density at radius 1 is 1.07 bits per heavy atom. The van der Waals surface area contributed by atoms with E-state index < -0.39 is 11.4 Å². The summed E-state index contributed by atoms with van der Waals surface area (Å²) in [5.74, 6) is 0.975. The molecule has 0 spiro atoms. The number of amides is 1. The molecule has 1 aliphatic heterocycles. The van der Waals surface area contributed by atoms with Crippen LogP contribution in [-0.2, 0) is 16.0 Å². The molecule has 0 unspecified atom stereocenters. The number of pyridine rings is 1. The summed E-state index contributed by atoms with van der Waals surface area (Å²) >= 11 is 0. The zero-order chi connectivity index (χ0) is 32.6. The Hall–Kier alpha value is -4.60. The third-order valence-corrected chi connectivity index (χ3v) is 8.72. The van der Waals surface area contributed by atoms with Crippen LogP contribution in [0.5, 0.6) is 11.6 Å². The molecule has 2 aliphatic rings. The van der Waals surface area contributed by atoms with Gasteiger partial charge >= 0.3 is 6.09 Å². The van der Waals surface area contributed by atoms with Crippen LogP contribution in [0.15, 0.2) is 54.9 Å². The monoisotopic (exact) mass is 625 g/mol. The molecule has 1 saturated heterocycles. The number of nitrogens with one attached hydrogen (secondary N) is 1. The summed E-state index contributed by atoms with van der Waals surface area (Å²) in [5, 5.41) is 4.74. The fraction of sp³-hybridized carbons (Fsp3) is 0.417. The van der Waals surface area contributed by atoms with E-state index in [1.165, 1.54) is 6.07 Å². The number of rotatable bonds is 8. The lowest BCUT2D eigenvalue weighted by atomic mass is 9.92. The number of piperidine rings is 1. The van der Waals surface area contributed by atoms with Gasteiger partial charge in [-0.2, -0.15) is 0 Å². The third-order valence-electron chi connectivity index (χ3n) is 8.72. The number of ketones is 1. The third kappa shape index (κ3) is 6.80. The molecule has 2 fully saturated rings. The van der Waals surface area contributed by atoms with E-state index in [0.717, 1.165) is 31.2 Å². The van der Waals surface area contributed by atoms with Crippen molar-refractivity contribution in [1.82, 2.24) is 19.9 Å². The van der Waals surface area contributed by atoms with Gasteiger partial charge in [0.05, 0.1) is 11.3 Å². The van der Waals surface area contributed by atoms with Gasteiger partial charge in [0.1, 0.15) is 23.0 Å². The molecule has 9 nitrogen and oxygen atoms in total. The Morgan fingerprint density at radius 2 is 1.85 bits per heavy atom. The van der Waals surface area contributed by atoms with E-state index in [1.54, 1.807) is 29.4 Å². The van der Waals surface area contributed by atoms with E-state index in [-0.39, 0.29) is 29.8 Å². The van der Waals surface area contributed by atoms with Crippen LogP contribution in [0, 0.1) is 18.2 Å². The Kier molecular flexibility index (Phi) is 8.39. The van der Waals surface area contributed by atoms with Crippen LogP contribution >= 0.6 is 0 Å². The molecule has 1 atom stereocenters. The molecule has 1 aliphatic carbocycles. The van der Waals surface area contributed by atoms with Gasteiger partial charge in [-0.3, -0.25) is 4.79 Å². The number of hydrogen-bond donors (Lipinski definition) is 1. The molecular formula is C36H40FN5O4. The minimum absolute atomic E-state index is 0.0385. The number of carbonyl (C=O) groups excluding carboxylic acids is 2. The minimum atomic E-state index is -0.560. The van der Waals surface area contributed by atoms with Crippen LogP contribution in [-0.4, -0.2) is 56.5 Å². The first-order valence-corrected chi connectivity index (χ1v) is 15.8. The fourth-order valence-electron chi connectivity index (χ4n) is 5.79. The molecule has 240 valence electrons. The summed E-state index contributed by atoms with van der Waals surface area (Å²) in [4.78, 5) is 41.1. The molecule has 2 aromatic heterocycles. The van der Waals surface area contributed by atoms with E-state index in [2.05, 4.69) is 15.3 Å². The number of aromatic nitrogens is 3. The molecule has 1 N–H and O–H groups in total. The summed E-state index contributed by atoms with van der Waals surface area (Å²) in [6.45, 7) is 10.6. The number of ether oxygens (including phenoxy) is 2. The molecule has 1 amide bonds. The molecule has 1 saturated carbocycles. The topological polar surface area (TPSA) is 107 Å². The van der Waals surface area contributed by atoms with Crippen molar-refractivity contribution < 1.29 is 23.5 Å². The van der Waals surface area contributed by atoms with Gasteiger partial charge in [-0.15, -0.1) is 0 Å². The average molecular weight is 626 g/mol. The van der Waals surface area contributed by atoms with E-state index >= 15 is 4.39 Å². The number of halogens is 1. The number of aryl methyl sites for hydroxylation is 1. The van der Waals surface area contributed by atoms with Crippen molar-refractivity contribution in [2.75, 3.05) is 18.4 Å².